The third kappa shape index (κ3) is 39.0. The summed E-state index contributed by atoms with van der Waals surface area (Å²) in [6.07, 6.45) is 26.0. The van der Waals surface area contributed by atoms with Crippen LogP contribution in [0.15, 0.2) is 91.0 Å². The zero-order chi connectivity index (χ0) is 86.9. The molecule has 9 amide bonds. The molecule has 34 nitrogen and oxygen atoms in total. The molecule has 0 unspecified atom stereocenters. The standard InChI is InChI=1S/C27H36N4O5S.C22H28N4O5S.C21H26N4O5S.C6H10O.C4H6O4.C2H4O2.B.Na/c28-24(32)21-16-23(37-25(21)31-27(29)34)17-10-12-19(13-11-17)35-15-14-22(30-18-6-2-1-3-7-18)26(33)36-20-8-4-5-9-20;23-19(27)16-12-18(32-20(16)26-22(24)30)13-6-8-15(9-7-13)31-11-10-17(21(28)29)25-14-4-2-1-3-5-14;22-16(20(27)30-14-3-1-2-4-14)9-10-29-13-7-5-12(6-8-13)17-11-15(18(23)26)19(31-17)25-21(24)28;7-6-4-2-1-3-5-6;1-3(5)7-8-4(2)6;1-2(3)4;;/h10-13,16,18,20,22,30H,1-9,14-15H2,(H2,28,32)(H3,29,31,34);6-9,12,14,17,25H,1-5,10-11H2,(H2,23,27)(H,28,29)(H3,24,26,30);5-8,11,14,16H,1-4,9-10,22H2,(H2,23,26)(H3,24,25,28);1-5H2;1-2H3;1H3,(H,3,4);;/q;;;;;;;+1/p-1/t22-;17-;16-;;;;;/m000...../s1. The van der Waals surface area contributed by atoms with Gasteiger partial charge >= 0.3 is 77.5 Å². The number of Topliss-reactive ketones (excluding diaryl/α,β-unsaturated/α-hetero) is 1. The van der Waals surface area contributed by atoms with E-state index in [0.717, 1.165) is 168 Å². The number of ether oxygens (including phenoxy) is 5. The van der Waals surface area contributed by atoms with E-state index in [9.17, 15) is 62.6 Å². The number of rotatable bonds is 30. The molecule has 20 N–H and O–H groups in total. The van der Waals surface area contributed by atoms with Crippen molar-refractivity contribution in [3.63, 3.8) is 0 Å². The van der Waals surface area contributed by atoms with Crippen LogP contribution in [0.25, 0.3) is 31.3 Å². The van der Waals surface area contributed by atoms with Crippen LogP contribution >= 0.6 is 34.0 Å². The third-order valence-corrected chi connectivity index (χ3v) is 22.3. The maximum atomic E-state index is 13.0. The van der Waals surface area contributed by atoms with Gasteiger partial charge in [0.05, 0.1) is 36.5 Å². The summed E-state index contributed by atoms with van der Waals surface area (Å²) in [5.74, 6) is -3.38. The van der Waals surface area contributed by atoms with Crippen LogP contribution < -0.4 is 116 Å². The second-order valence-corrected chi connectivity index (χ2v) is 31.7. The van der Waals surface area contributed by atoms with E-state index in [0.29, 0.717) is 69.9 Å². The number of carboxylic acid groups (broad SMARTS) is 2. The first-order valence-corrected chi connectivity index (χ1v) is 41.9. The van der Waals surface area contributed by atoms with Gasteiger partial charge in [-0.15, -0.1) is 34.0 Å². The van der Waals surface area contributed by atoms with Crippen molar-refractivity contribution >= 4 is 135 Å². The van der Waals surface area contributed by atoms with Crippen molar-refractivity contribution in [3.8, 4) is 48.6 Å². The fraction of sp³-hybridized carbons (Fsp3) is 0.476. The Bertz CT molecular complexity index is 4310. The summed E-state index contributed by atoms with van der Waals surface area (Å²) in [4.78, 5) is 154. The molecular weight excluding hydrogens is 1630 g/mol. The minimum absolute atomic E-state index is 0. The van der Waals surface area contributed by atoms with E-state index < -0.39 is 71.8 Å². The molecular formula is C82H109BN12NaO22S3. The molecule has 0 spiro atoms. The number of aliphatic carboxylic acids is 2. The first-order valence-electron chi connectivity index (χ1n) is 39.5. The predicted octanol–water partition coefficient (Wildman–Crippen LogP) is 7.21. The molecule has 5 fully saturated rings. The number of nitrogens with one attached hydrogen (secondary N) is 5. The van der Waals surface area contributed by atoms with Crippen molar-refractivity contribution in [2.45, 2.75) is 230 Å². The number of hydrogen-bond acceptors (Lipinski definition) is 27. The number of carbonyl (C=O) groups excluding carboxylic acids is 12. The summed E-state index contributed by atoms with van der Waals surface area (Å²) in [7, 11) is 0. The SMILES string of the molecule is CC(=O)OOC(C)=O.CC(=O)[O-].NC(=O)Nc1sc(-c2ccc(OCC[C@H](N)C(=O)OC3CCCC3)cc2)cc1C(N)=O.NC(=O)Nc1sc(-c2ccc(OCC[C@H](NC3CCCCC3)C(=O)O)cc2)cc1C(N)=O.NC(=O)Nc1sc(-c2ccc(OCC[C@H](NC3CCCCC3)C(=O)OC3CCCC3)cc2)cc1C(N)=O.O=C1CCCCC1.[B].[Na+]. The van der Waals surface area contributed by atoms with Crippen LogP contribution in [0.2, 0.25) is 0 Å². The van der Waals surface area contributed by atoms with E-state index in [1.54, 1.807) is 42.5 Å². The predicted molar refractivity (Wildman–Crippen MR) is 453 cm³/mol. The zero-order valence-corrected chi connectivity index (χ0v) is 73.0. The Morgan fingerprint density at radius 1 is 0.438 bits per heavy atom. The minimum Gasteiger partial charge on any atom is -0.550 e. The van der Waals surface area contributed by atoms with E-state index in [-0.39, 0.29) is 104 Å². The summed E-state index contributed by atoms with van der Waals surface area (Å²) >= 11 is 3.60. The molecule has 0 saturated heterocycles. The molecule has 6 aromatic rings. The van der Waals surface area contributed by atoms with Crippen LogP contribution in [-0.2, 0) is 52.8 Å². The van der Waals surface area contributed by atoms with Gasteiger partial charge < -0.3 is 89.5 Å². The molecule has 3 radical (unpaired) electrons. The molecule has 3 aromatic carbocycles. The van der Waals surface area contributed by atoms with Gasteiger partial charge in [-0.3, -0.25) is 49.5 Å². The van der Waals surface area contributed by atoms with Crippen LogP contribution in [0.4, 0.5) is 29.4 Å². The Hall–Kier alpha value is -10.2. The Morgan fingerprint density at radius 2 is 0.727 bits per heavy atom. The largest absolute Gasteiger partial charge is 1.00 e. The molecule has 3 aromatic heterocycles. The topological polar surface area (TPSA) is 572 Å². The average Bonchev–Trinajstić information content (AvgIpc) is 1.67. The van der Waals surface area contributed by atoms with Gasteiger partial charge in [-0.2, -0.15) is 0 Å². The molecule has 0 bridgehead atoms. The number of esters is 2. The Kier molecular flexibility index (Phi) is 46.9. The second-order valence-electron chi connectivity index (χ2n) is 28.6. The number of ketones is 1. The molecule has 5 aliphatic carbocycles. The summed E-state index contributed by atoms with van der Waals surface area (Å²) in [6.45, 7) is 4.18. The number of primary amides is 6. The van der Waals surface area contributed by atoms with Crippen molar-refractivity contribution < 1.29 is 136 Å². The number of urea groups is 3. The first kappa shape index (κ1) is 103. The number of benzene rings is 3. The number of thiophene rings is 3. The van der Waals surface area contributed by atoms with Crippen LogP contribution in [0.1, 0.15) is 219 Å². The fourth-order valence-electron chi connectivity index (χ4n) is 13.1. The Labute approximate surface area is 738 Å². The van der Waals surface area contributed by atoms with Gasteiger partial charge in [0.25, 0.3) is 17.7 Å². The van der Waals surface area contributed by atoms with E-state index in [2.05, 4.69) is 36.4 Å². The summed E-state index contributed by atoms with van der Waals surface area (Å²) in [5.41, 5.74) is 40.6. The summed E-state index contributed by atoms with van der Waals surface area (Å²) in [5, 5.41) is 33.4. The number of carbonyl (C=O) groups is 13. The maximum Gasteiger partial charge on any atom is 1.00 e. The number of anilines is 3. The second kappa shape index (κ2) is 55.0. The molecule has 0 aliphatic heterocycles. The smallest absolute Gasteiger partial charge is 0.550 e. The summed E-state index contributed by atoms with van der Waals surface area (Å²) < 4.78 is 28.6. The van der Waals surface area contributed by atoms with Crippen LogP contribution in [0.5, 0.6) is 17.2 Å². The van der Waals surface area contributed by atoms with Crippen molar-refractivity contribution in [2.75, 3.05) is 35.8 Å². The van der Waals surface area contributed by atoms with Crippen molar-refractivity contribution in [2.24, 2.45) is 40.1 Å². The van der Waals surface area contributed by atoms with Crippen LogP contribution in [0, 0.1) is 0 Å². The van der Waals surface area contributed by atoms with E-state index in [1.807, 2.05) is 48.5 Å². The van der Waals surface area contributed by atoms with Gasteiger partial charge in [-0.05, 0) is 205 Å². The first-order chi connectivity index (χ1) is 56.8. The molecule has 11 rings (SSSR count). The Morgan fingerprint density at radius 3 is 1.02 bits per heavy atom. The van der Waals surface area contributed by atoms with Gasteiger partial charge in [0.15, 0.2) is 0 Å². The average molecular weight is 1740 g/mol. The van der Waals surface area contributed by atoms with Crippen LogP contribution in [-0.4, -0.2) is 153 Å². The molecule has 3 atom stereocenters. The minimum atomic E-state index is -1.08. The van der Waals surface area contributed by atoms with Crippen molar-refractivity contribution in [3.05, 3.63) is 108 Å². The Balaban J connectivity index is 0.000000341. The maximum absolute atomic E-state index is 13.0. The van der Waals surface area contributed by atoms with Gasteiger partial charge in [0.1, 0.15) is 68.4 Å². The molecule has 121 heavy (non-hydrogen) atoms. The number of nitrogens with two attached hydrogens (primary N) is 7. The van der Waals surface area contributed by atoms with Gasteiger partial charge in [0, 0.05) is 87.0 Å². The van der Waals surface area contributed by atoms with Crippen molar-refractivity contribution in [1.82, 2.24) is 10.6 Å². The summed E-state index contributed by atoms with van der Waals surface area (Å²) in [6, 6.07) is 23.1. The van der Waals surface area contributed by atoms with Crippen LogP contribution in [0.3, 0.4) is 0 Å². The quantitative estimate of drug-likeness (QED) is 0.00916. The third-order valence-electron chi connectivity index (χ3n) is 19.0. The van der Waals surface area contributed by atoms with E-state index >= 15 is 0 Å². The molecule has 651 valence electrons. The molecule has 5 aliphatic rings. The molecule has 3 heterocycles. The van der Waals surface area contributed by atoms with Gasteiger partial charge in [0.2, 0.25) is 0 Å². The number of hydrogen-bond donors (Lipinski definition) is 13. The van der Waals surface area contributed by atoms with Gasteiger partial charge in [-0.1, -0.05) is 44.9 Å². The number of carboxylic acids is 2. The monoisotopic (exact) mass is 1740 g/mol. The van der Waals surface area contributed by atoms with Crippen molar-refractivity contribution in [1.29, 1.82) is 0 Å². The fourth-order valence-corrected chi connectivity index (χ4v) is 16.4. The number of amides is 9. The van der Waals surface area contributed by atoms with E-state index in [1.165, 1.54) is 66.1 Å². The zero-order valence-electron chi connectivity index (χ0n) is 68.6. The van der Waals surface area contributed by atoms with Gasteiger partial charge in [-0.25, -0.2) is 33.7 Å². The van der Waals surface area contributed by atoms with E-state index in [4.69, 9.17) is 73.7 Å². The molecule has 39 heteroatoms. The normalized spacial score (nSPS) is 15.1. The molecule has 5 saturated carbocycles.